The molecular formula is C9H10ClN3. The number of terminal acetylenes is 1. The summed E-state index contributed by atoms with van der Waals surface area (Å²) in [6, 6.07) is 0.152. The predicted octanol–water partition coefficient (Wildman–Crippen LogP) is 1.95. The number of aromatic nitrogens is 2. The van der Waals surface area contributed by atoms with E-state index in [0.29, 0.717) is 17.4 Å². The van der Waals surface area contributed by atoms with Crippen LogP contribution in [0.4, 0.5) is 5.82 Å². The van der Waals surface area contributed by atoms with Crippen LogP contribution in [0.2, 0.25) is 5.15 Å². The molecule has 1 heterocycles. The third-order valence-electron chi connectivity index (χ3n) is 1.46. The lowest BCUT2D eigenvalue weighted by Crippen LogP contribution is -2.15. The number of rotatable bonds is 3. The van der Waals surface area contributed by atoms with E-state index < -0.39 is 0 Å². The van der Waals surface area contributed by atoms with Crippen molar-refractivity contribution >= 4 is 17.4 Å². The molecule has 1 aromatic heterocycles. The SMILES string of the molecule is C#CCC(C)Nc1nccnc1Cl. The summed E-state index contributed by atoms with van der Waals surface area (Å²) >= 11 is 5.78. The topological polar surface area (TPSA) is 37.8 Å². The zero-order valence-electron chi connectivity index (χ0n) is 7.29. The van der Waals surface area contributed by atoms with Gasteiger partial charge >= 0.3 is 0 Å². The Morgan fingerprint density at radius 3 is 2.92 bits per heavy atom. The van der Waals surface area contributed by atoms with Gasteiger partial charge < -0.3 is 5.32 Å². The molecule has 1 rings (SSSR count). The Kier molecular flexibility index (Phi) is 3.53. The molecule has 0 aliphatic rings. The maximum atomic E-state index is 5.78. The first-order valence-corrected chi connectivity index (χ1v) is 4.28. The first kappa shape index (κ1) is 9.82. The van der Waals surface area contributed by atoms with Gasteiger partial charge in [-0.25, -0.2) is 9.97 Å². The van der Waals surface area contributed by atoms with Gasteiger partial charge in [0.15, 0.2) is 11.0 Å². The Bertz CT molecular complexity index is 319. The molecule has 0 amide bonds. The monoisotopic (exact) mass is 195 g/mol. The van der Waals surface area contributed by atoms with Gasteiger partial charge in [-0.3, -0.25) is 0 Å². The molecular weight excluding hydrogens is 186 g/mol. The molecule has 4 heteroatoms. The lowest BCUT2D eigenvalue weighted by molar-refractivity contribution is 0.820. The number of hydrogen-bond donors (Lipinski definition) is 1. The molecule has 68 valence electrons. The third-order valence-corrected chi connectivity index (χ3v) is 1.74. The van der Waals surface area contributed by atoms with Crippen LogP contribution in [0.25, 0.3) is 0 Å². The highest BCUT2D eigenvalue weighted by Crippen LogP contribution is 2.15. The second-order valence-electron chi connectivity index (χ2n) is 2.65. The molecule has 0 spiro atoms. The fraction of sp³-hybridized carbons (Fsp3) is 0.333. The van der Waals surface area contributed by atoms with Gasteiger partial charge in [-0.2, -0.15) is 0 Å². The van der Waals surface area contributed by atoms with Gasteiger partial charge in [-0.1, -0.05) is 11.6 Å². The zero-order valence-corrected chi connectivity index (χ0v) is 8.04. The number of nitrogens with zero attached hydrogens (tertiary/aromatic N) is 2. The second kappa shape index (κ2) is 4.68. The molecule has 13 heavy (non-hydrogen) atoms. The molecule has 0 aliphatic heterocycles. The average molecular weight is 196 g/mol. The number of nitrogens with one attached hydrogen (secondary N) is 1. The Labute approximate surface area is 82.5 Å². The summed E-state index contributed by atoms with van der Waals surface area (Å²) < 4.78 is 0. The summed E-state index contributed by atoms with van der Waals surface area (Å²) in [7, 11) is 0. The quantitative estimate of drug-likeness (QED) is 0.750. The largest absolute Gasteiger partial charge is 0.364 e. The standard InChI is InChI=1S/C9H10ClN3/c1-3-4-7(2)13-9-8(10)11-5-6-12-9/h1,5-7H,4H2,2H3,(H,12,13). The summed E-state index contributed by atoms with van der Waals surface area (Å²) in [5.74, 6) is 3.13. The zero-order chi connectivity index (χ0) is 9.68. The Balaban J connectivity index is 2.64. The molecule has 1 N–H and O–H groups in total. The minimum Gasteiger partial charge on any atom is -0.364 e. The van der Waals surface area contributed by atoms with Gasteiger partial charge in [-0.15, -0.1) is 12.3 Å². The van der Waals surface area contributed by atoms with Crippen LogP contribution >= 0.6 is 11.6 Å². The highest BCUT2D eigenvalue weighted by Gasteiger charge is 2.04. The van der Waals surface area contributed by atoms with Crippen molar-refractivity contribution in [3.05, 3.63) is 17.5 Å². The summed E-state index contributed by atoms with van der Waals surface area (Å²) in [6.07, 6.45) is 8.92. The van der Waals surface area contributed by atoms with Crippen LogP contribution in [0, 0.1) is 12.3 Å². The number of anilines is 1. The number of hydrogen-bond acceptors (Lipinski definition) is 3. The summed E-state index contributed by atoms with van der Waals surface area (Å²) in [5.41, 5.74) is 0. The molecule has 0 radical (unpaired) electrons. The fourth-order valence-corrected chi connectivity index (χ4v) is 1.04. The van der Waals surface area contributed by atoms with Crippen LogP contribution in [0.15, 0.2) is 12.4 Å². The van der Waals surface area contributed by atoms with Crippen LogP contribution in [0.3, 0.4) is 0 Å². The summed E-state index contributed by atoms with van der Waals surface area (Å²) in [5, 5.41) is 3.43. The predicted molar refractivity (Wildman–Crippen MR) is 53.6 cm³/mol. The van der Waals surface area contributed by atoms with E-state index in [-0.39, 0.29) is 6.04 Å². The van der Waals surface area contributed by atoms with Crippen molar-refractivity contribution in [2.45, 2.75) is 19.4 Å². The van der Waals surface area contributed by atoms with Gasteiger partial charge in [0.05, 0.1) is 0 Å². The first-order chi connectivity index (χ1) is 6.24. The molecule has 0 fully saturated rings. The van der Waals surface area contributed by atoms with Crippen molar-refractivity contribution in [1.29, 1.82) is 0 Å². The van der Waals surface area contributed by atoms with Crippen LogP contribution < -0.4 is 5.32 Å². The maximum Gasteiger partial charge on any atom is 0.171 e. The molecule has 1 atom stereocenters. The van der Waals surface area contributed by atoms with Crippen molar-refractivity contribution in [2.75, 3.05) is 5.32 Å². The molecule has 0 aromatic carbocycles. The Morgan fingerprint density at radius 2 is 2.31 bits per heavy atom. The minimum atomic E-state index is 0.152. The average Bonchev–Trinajstić information content (AvgIpc) is 2.09. The Hall–Kier alpha value is -1.27. The lowest BCUT2D eigenvalue weighted by Gasteiger charge is -2.11. The second-order valence-corrected chi connectivity index (χ2v) is 3.01. The maximum absolute atomic E-state index is 5.78. The lowest BCUT2D eigenvalue weighted by atomic mass is 10.2. The van der Waals surface area contributed by atoms with Crippen molar-refractivity contribution in [3.63, 3.8) is 0 Å². The Morgan fingerprint density at radius 1 is 1.62 bits per heavy atom. The van der Waals surface area contributed by atoms with E-state index in [1.807, 2.05) is 6.92 Å². The summed E-state index contributed by atoms with van der Waals surface area (Å²) in [4.78, 5) is 7.91. The van der Waals surface area contributed by atoms with E-state index in [1.165, 1.54) is 0 Å². The molecule has 0 bridgehead atoms. The van der Waals surface area contributed by atoms with Gasteiger partial charge in [0, 0.05) is 24.9 Å². The van der Waals surface area contributed by atoms with E-state index in [1.54, 1.807) is 12.4 Å². The van der Waals surface area contributed by atoms with Crippen molar-refractivity contribution in [2.24, 2.45) is 0 Å². The van der Waals surface area contributed by atoms with E-state index in [0.717, 1.165) is 0 Å². The molecule has 1 aromatic rings. The van der Waals surface area contributed by atoms with Crippen LogP contribution in [-0.2, 0) is 0 Å². The van der Waals surface area contributed by atoms with Crippen molar-refractivity contribution in [3.8, 4) is 12.3 Å². The summed E-state index contributed by atoms with van der Waals surface area (Å²) in [6.45, 7) is 1.96. The highest BCUT2D eigenvalue weighted by atomic mass is 35.5. The molecule has 0 aliphatic carbocycles. The van der Waals surface area contributed by atoms with E-state index in [2.05, 4.69) is 21.2 Å². The first-order valence-electron chi connectivity index (χ1n) is 3.90. The van der Waals surface area contributed by atoms with Gasteiger partial charge in [-0.05, 0) is 6.92 Å². The van der Waals surface area contributed by atoms with Crippen molar-refractivity contribution < 1.29 is 0 Å². The van der Waals surface area contributed by atoms with E-state index >= 15 is 0 Å². The van der Waals surface area contributed by atoms with Crippen LogP contribution in [0.1, 0.15) is 13.3 Å². The highest BCUT2D eigenvalue weighted by molar-refractivity contribution is 6.31. The van der Waals surface area contributed by atoms with Gasteiger partial charge in [0.1, 0.15) is 0 Å². The molecule has 0 saturated heterocycles. The third kappa shape index (κ3) is 2.92. The van der Waals surface area contributed by atoms with Gasteiger partial charge in [0.25, 0.3) is 0 Å². The normalized spacial score (nSPS) is 11.8. The molecule has 3 nitrogen and oxygen atoms in total. The van der Waals surface area contributed by atoms with E-state index in [9.17, 15) is 0 Å². The van der Waals surface area contributed by atoms with E-state index in [4.69, 9.17) is 18.0 Å². The smallest absolute Gasteiger partial charge is 0.171 e. The van der Waals surface area contributed by atoms with Crippen LogP contribution in [0.5, 0.6) is 0 Å². The minimum absolute atomic E-state index is 0.152. The van der Waals surface area contributed by atoms with Crippen LogP contribution in [-0.4, -0.2) is 16.0 Å². The number of halogens is 1. The molecule has 1 unspecified atom stereocenters. The van der Waals surface area contributed by atoms with Crippen molar-refractivity contribution in [1.82, 2.24) is 9.97 Å². The molecule has 0 saturated carbocycles. The fourth-order valence-electron chi connectivity index (χ4n) is 0.879. The van der Waals surface area contributed by atoms with Gasteiger partial charge in [0.2, 0.25) is 0 Å².